The van der Waals surface area contributed by atoms with Gasteiger partial charge >= 0.3 is 0 Å². The summed E-state index contributed by atoms with van der Waals surface area (Å²) < 4.78 is 6.03. The highest BCUT2D eigenvalue weighted by Crippen LogP contribution is 2.29. The van der Waals surface area contributed by atoms with Crippen LogP contribution in [-0.4, -0.2) is 19.7 Å². The molecule has 1 aromatic heterocycles. The Balaban J connectivity index is 2.12. The zero-order valence-electron chi connectivity index (χ0n) is 13.9. The molecule has 3 aromatic rings. The van der Waals surface area contributed by atoms with Crippen LogP contribution in [0.15, 0.2) is 84.0 Å². The lowest BCUT2D eigenvalue weighted by molar-refractivity contribution is 0.582. The predicted octanol–water partition coefficient (Wildman–Crippen LogP) is 4.61. The van der Waals surface area contributed by atoms with Crippen molar-refractivity contribution in [1.29, 1.82) is 0 Å². The number of para-hydroxylation sites is 2. The van der Waals surface area contributed by atoms with E-state index in [9.17, 15) is 0 Å². The molecule has 0 aliphatic rings. The van der Waals surface area contributed by atoms with Gasteiger partial charge in [-0.3, -0.25) is 4.98 Å². The van der Waals surface area contributed by atoms with E-state index in [1.807, 2.05) is 72.8 Å². The molecule has 0 unspecified atom stereocenters. The van der Waals surface area contributed by atoms with Crippen LogP contribution in [0.3, 0.4) is 0 Å². The summed E-state index contributed by atoms with van der Waals surface area (Å²) in [6, 6.07) is 23.9. The van der Waals surface area contributed by atoms with Crippen LogP contribution in [0.25, 0.3) is 0 Å². The molecule has 0 aliphatic carbocycles. The van der Waals surface area contributed by atoms with Gasteiger partial charge in [-0.05, 0) is 37.4 Å². The van der Waals surface area contributed by atoms with Gasteiger partial charge in [-0.15, -0.1) is 0 Å². The van der Waals surface area contributed by atoms with Gasteiger partial charge in [0.15, 0.2) is 0 Å². The third-order valence-corrected chi connectivity index (χ3v) is 4.14. The van der Waals surface area contributed by atoms with Crippen molar-refractivity contribution in [3.05, 3.63) is 90.3 Å². The number of pyridine rings is 1. The zero-order valence-corrected chi connectivity index (χ0v) is 15.0. The minimum absolute atomic E-state index is 0.836. The Morgan fingerprint density at radius 2 is 1.58 bits per heavy atom. The molecule has 0 bridgehead atoms. The van der Waals surface area contributed by atoms with Crippen molar-refractivity contribution >= 4 is 20.4 Å². The van der Waals surface area contributed by atoms with Crippen LogP contribution in [0.4, 0.5) is 5.69 Å². The van der Waals surface area contributed by atoms with Crippen LogP contribution in [0, 0.1) is 0 Å². The molecular formula is C20H20N2OSi. The number of rotatable bonds is 5. The zero-order chi connectivity index (χ0) is 16.8. The number of aliphatic imine (C=N–C) groups is 1. The summed E-state index contributed by atoms with van der Waals surface area (Å²) in [6.07, 6.45) is 1.79. The van der Waals surface area contributed by atoms with Crippen molar-refractivity contribution in [2.45, 2.75) is 13.1 Å². The van der Waals surface area contributed by atoms with Gasteiger partial charge in [0.1, 0.15) is 11.4 Å². The number of nitrogens with zero attached hydrogens (tertiary/aromatic N) is 2. The van der Waals surface area contributed by atoms with E-state index in [1.54, 1.807) is 6.20 Å². The topological polar surface area (TPSA) is 34.5 Å². The highest BCUT2D eigenvalue weighted by atomic mass is 28.3. The summed E-state index contributed by atoms with van der Waals surface area (Å²) in [4.78, 5) is 9.38. The minimum atomic E-state index is -1.20. The van der Waals surface area contributed by atoms with Crippen LogP contribution < -0.4 is 4.43 Å². The molecule has 2 aromatic carbocycles. The molecule has 1 heterocycles. The molecule has 24 heavy (non-hydrogen) atoms. The van der Waals surface area contributed by atoms with Gasteiger partial charge in [0.2, 0.25) is 9.04 Å². The van der Waals surface area contributed by atoms with Gasteiger partial charge in [0.25, 0.3) is 0 Å². The van der Waals surface area contributed by atoms with Crippen molar-refractivity contribution in [3.63, 3.8) is 0 Å². The fraction of sp³-hybridized carbons (Fsp3) is 0.100. The van der Waals surface area contributed by atoms with Crippen molar-refractivity contribution in [2.24, 2.45) is 4.99 Å². The van der Waals surface area contributed by atoms with Gasteiger partial charge in [-0.2, -0.15) is 0 Å². The molecule has 3 nitrogen and oxygen atoms in total. The molecule has 4 heteroatoms. The monoisotopic (exact) mass is 332 g/mol. The smallest absolute Gasteiger partial charge is 0.229 e. The molecule has 0 N–H and O–H groups in total. The van der Waals surface area contributed by atoms with Crippen LogP contribution in [0.5, 0.6) is 5.75 Å². The van der Waals surface area contributed by atoms with E-state index in [2.05, 4.69) is 18.1 Å². The van der Waals surface area contributed by atoms with E-state index < -0.39 is 9.04 Å². The average molecular weight is 332 g/mol. The summed E-state index contributed by atoms with van der Waals surface area (Å²) in [5.74, 6) is 0.837. The summed E-state index contributed by atoms with van der Waals surface area (Å²) in [6.45, 7) is 4.30. The molecule has 0 radical (unpaired) electrons. The van der Waals surface area contributed by atoms with Crippen molar-refractivity contribution in [1.82, 2.24) is 4.98 Å². The molecule has 0 amide bonds. The summed E-state index contributed by atoms with van der Waals surface area (Å²) in [5, 5.41) is 0. The van der Waals surface area contributed by atoms with Crippen LogP contribution >= 0.6 is 0 Å². The van der Waals surface area contributed by atoms with Crippen LogP contribution in [-0.2, 0) is 0 Å². The Hall–Kier alpha value is -2.72. The largest absolute Gasteiger partial charge is 0.546 e. The Labute approximate surface area is 144 Å². The average Bonchev–Trinajstić information content (AvgIpc) is 2.62. The van der Waals surface area contributed by atoms with E-state index in [1.165, 1.54) is 0 Å². The maximum atomic E-state index is 6.03. The fourth-order valence-electron chi connectivity index (χ4n) is 2.39. The Bertz CT molecular complexity index is 776. The van der Waals surface area contributed by atoms with Gasteiger partial charge < -0.3 is 4.43 Å². The lowest BCUT2D eigenvalue weighted by atomic mass is 10.1. The molecule has 0 saturated heterocycles. The maximum Gasteiger partial charge on any atom is 0.229 e. The van der Waals surface area contributed by atoms with Gasteiger partial charge in [-0.25, -0.2) is 4.99 Å². The van der Waals surface area contributed by atoms with Gasteiger partial charge in [0.05, 0.1) is 11.4 Å². The van der Waals surface area contributed by atoms with E-state index in [0.29, 0.717) is 0 Å². The van der Waals surface area contributed by atoms with E-state index in [-0.39, 0.29) is 0 Å². The number of aromatic nitrogens is 1. The minimum Gasteiger partial charge on any atom is -0.546 e. The van der Waals surface area contributed by atoms with Gasteiger partial charge in [0, 0.05) is 11.8 Å². The number of hydrogen-bond donors (Lipinski definition) is 0. The third-order valence-electron chi connectivity index (χ3n) is 3.41. The molecule has 0 atom stereocenters. The molecule has 0 saturated carbocycles. The molecular weight excluding hydrogens is 312 g/mol. The highest BCUT2D eigenvalue weighted by Gasteiger charge is 2.11. The first-order valence-electron chi connectivity index (χ1n) is 8.05. The summed E-state index contributed by atoms with van der Waals surface area (Å²) >= 11 is 0. The van der Waals surface area contributed by atoms with Gasteiger partial charge in [-0.1, -0.05) is 48.5 Å². The predicted molar refractivity (Wildman–Crippen MR) is 102 cm³/mol. The van der Waals surface area contributed by atoms with Crippen LogP contribution in [0.1, 0.15) is 11.3 Å². The maximum absolute atomic E-state index is 6.03. The highest BCUT2D eigenvalue weighted by molar-refractivity contribution is 6.49. The molecule has 0 spiro atoms. The lowest BCUT2D eigenvalue weighted by Gasteiger charge is -2.13. The van der Waals surface area contributed by atoms with E-state index in [0.717, 1.165) is 28.4 Å². The summed E-state index contributed by atoms with van der Waals surface area (Å²) in [5.41, 5.74) is 3.56. The second kappa shape index (κ2) is 7.70. The quantitative estimate of drug-likeness (QED) is 0.505. The molecule has 3 rings (SSSR count). The molecule has 0 fully saturated rings. The second-order valence-corrected chi connectivity index (χ2v) is 8.01. The normalized spacial score (nSPS) is 11.5. The standard InChI is InChI=1S/C20H20N2OSi/c1-24(2)23-19-14-7-6-12-17(19)22-20(16-10-4-3-5-11-16)18-13-8-9-15-21-18/h3-15,24H,1-2H3. The first kappa shape index (κ1) is 16.1. The fourth-order valence-corrected chi connectivity index (χ4v) is 3.10. The Morgan fingerprint density at radius 1 is 0.875 bits per heavy atom. The van der Waals surface area contributed by atoms with Crippen molar-refractivity contribution in [3.8, 4) is 5.75 Å². The number of hydrogen-bond acceptors (Lipinski definition) is 3. The van der Waals surface area contributed by atoms with Crippen LogP contribution in [0.2, 0.25) is 13.1 Å². The lowest BCUT2D eigenvalue weighted by Crippen LogP contribution is -2.11. The van der Waals surface area contributed by atoms with Crippen molar-refractivity contribution < 1.29 is 4.43 Å². The molecule has 0 aliphatic heterocycles. The van der Waals surface area contributed by atoms with E-state index in [4.69, 9.17) is 9.42 Å². The first-order valence-corrected chi connectivity index (χ1v) is 10.8. The van der Waals surface area contributed by atoms with E-state index >= 15 is 0 Å². The SMILES string of the molecule is C[SiH](C)Oc1ccccc1N=C(c1ccccc1)c1ccccn1. The summed E-state index contributed by atoms with van der Waals surface area (Å²) in [7, 11) is -1.20. The Morgan fingerprint density at radius 3 is 2.29 bits per heavy atom. The first-order chi connectivity index (χ1) is 11.7. The Kier molecular flexibility index (Phi) is 5.18. The number of benzene rings is 2. The third kappa shape index (κ3) is 3.97. The second-order valence-electron chi connectivity index (χ2n) is 5.68. The molecule has 120 valence electrons. The van der Waals surface area contributed by atoms with Crippen molar-refractivity contribution in [2.75, 3.05) is 0 Å².